The van der Waals surface area contributed by atoms with Crippen molar-refractivity contribution in [3.63, 3.8) is 0 Å². The average Bonchev–Trinajstić information content (AvgIpc) is 3.38. The third-order valence-corrected chi connectivity index (χ3v) is 5.25. The largest absolute Gasteiger partial charge is 0.325 e. The van der Waals surface area contributed by atoms with Gasteiger partial charge in [-0.2, -0.15) is 14.0 Å². The molecule has 0 unspecified atom stereocenters. The second-order valence-electron chi connectivity index (χ2n) is 7.15. The lowest BCUT2D eigenvalue weighted by Gasteiger charge is -2.07. The number of nitrogens with zero attached hydrogens (tertiary/aromatic N) is 3. The number of fused-ring (bicyclic) bond motifs is 1. The Kier molecular flexibility index (Phi) is 3.55. The first-order chi connectivity index (χ1) is 13.5. The van der Waals surface area contributed by atoms with Crippen molar-refractivity contribution in [1.29, 1.82) is 0 Å². The molecule has 0 aliphatic heterocycles. The summed E-state index contributed by atoms with van der Waals surface area (Å²) in [5.41, 5.74) is 2.98. The third kappa shape index (κ3) is 2.65. The van der Waals surface area contributed by atoms with Crippen LogP contribution in [-0.2, 0) is 0 Å². The molecular weight excluding hydrogens is 361 g/mol. The number of rotatable bonds is 3. The van der Waals surface area contributed by atoms with E-state index in [-0.39, 0.29) is 17.2 Å². The molecule has 5 rings (SSSR count). The summed E-state index contributed by atoms with van der Waals surface area (Å²) in [4.78, 5) is 32.3. The highest BCUT2D eigenvalue weighted by Crippen LogP contribution is 2.55. The lowest BCUT2D eigenvalue weighted by atomic mass is 10.0. The Bertz CT molecular complexity index is 1320. The van der Waals surface area contributed by atoms with Crippen molar-refractivity contribution >= 4 is 5.65 Å². The molecule has 28 heavy (non-hydrogen) atoms. The van der Waals surface area contributed by atoms with Crippen molar-refractivity contribution in [1.82, 2.24) is 24.6 Å². The molecule has 0 saturated heterocycles. The minimum absolute atomic E-state index is 0.163. The van der Waals surface area contributed by atoms with Crippen LogP contribution in [0.4, 0.5) is 4.39 Å². The summed E-state index contributed by atoms with van der Waals surface area (Å²) in [5, 5.41) is 4.21. The summed E-state index contributed by atoms with van der Waals surface area (Å²) in [5.74, 6) is -0.129. The molecule has 1 aliphatic rings. The minimum Gasteiger partial charge on any atom is -0.313 e. The van der Waals surface area contributed by atoms with E-state index in [9.17, 15) is 14.0 Å². The third-order valence-electron chi connectivity index (χ3n) is 5.25. The van der Waals surface area contributed by atoms with Gasteiger partial charge in [-0.1, -0.05) is 29.8 Å². The standard InChI is InChI=1S/C20H16FN5O2/c1-10-2-4-11(5-3-10)12-6-13(12)14-7-16(15-8-23-20(28)24-19(15)27)25-26-17(21)9-22-18(14)26/h2-5,7-9,12-13H,6H2,1H3,(H2,23,24,27,28)/t12-,13+/m0/s1. The fourth-order valence-corrected chi connectivity index (χ4v) is 3.69. The summed E-state index contributed by atoms with van der Waals surface area (Å²) in [6.07, 6.45) is 3.33. The molecule has 0 spiro atoms. The number of aromatic amines is 2. The second-order valence-corrected chi connectivity index (χ2v) is 7.15. The van der Waals surface area contributed by atoms with Gasteiger partial charge < -0.3 is 4.98 Å². The maximum absolute atomic E-state index is 14.2. The highest BCUT2D eigenvalue weighted by molar-refractivity contribution is 5.63. The van der Waals surface area contributed by atoms with E-state index in [2.05, 4.69) is 44.3 Å². The molecule has 0 amide bonds. The molecular formula is C20H16FN5O2. The zero-order valence-corrected chi connectivity index (χ0v) is 14.9. The lowest BCUT2D eigenvalue weighted by molar-refractivity contribution is 0.549. The molecule has 3 heterocycles. The van der Waals surface area contributed by atoms with Crippen LogP contribution in [0.2, 0.25) is 0 Å². The van der Waals surface area contributed by atoms with E-state index in [4.69, 9.17) is 0 Å². The van der Waals surface area contributed by atoms with Crippen molar-refractivity contribution in [2.24, 2.45) is 0 Å². The van der Waals surface area contributed by atoms with Gasteiger partial charge in [0.2, 0.25) is 5.95 Å². The predicted molar refractivity (Wildman–Crippen MR) is 101 cm³/mol. The smallest absolute Gasteiger partial charge is 0.313 e. The summed E-state index contributed by atoms with van der Waals surface area (Å²) in [6, 6.07) is 10.1. The Morgan fingerprint density at radius 2 is 1.96 bits per heavy atom. The monoisotopic (exact) mass is 377 g/mol. The first-order valence-electron chi connectivity index (χ1n) is 8.94. The normalized spacial score (nSPS) is 18.5. The van der Waals surface area contributed by atoms with Crippen LogP contribution < -0.4 is 11.2 Å². The number of hydrogen-bond acceptors (Lipinski definition) is 4. The van der Waals surface area contributed by atoms with E-state index in [1.54, 1.807) is 6.07 Å². The van der Waals surface area contributed by atoms with Crippen molar-refractivity contribution in [2.75, 3.05) is 0 Å². The molecule has 0 radical (unpaired) electrons. The van der Waals surface area contributed by atoms with Crippen LogP contribution in [0, 0.1) is 12.9 Å². The zero-order valence-electron chi connectivity index (χ0n) is 14.9. The number of H-pyrrole nitrogens is 2. The molecule has 1 fully saturated rings. The summed E-state index contributed by atoms with van der Waals surface area (Å²) < 4.78 is 15.3. The first kappa shape index (κ1) is 16.6. The zero-order chi connectivity index (χ0) is 19.4. The molecule has 2 N–H and O–H groups in total. The van der Waals surface area contributed by atoms with Gasteiger partial charge in [0.1, 0.15) is 0 Å². The van der Waals surface area contributed by atoms with Crippen molar-refractivity contribution in [3.05, 3.63) is 86.2 Å². The van der Waals surface area contributed by atoms with E-state index in [0.717, 1.165) is 22.7 Å². The molecule has 2 atom stereocenters. The fourth-order valence-electron chi connectivity index (χ4n) is 3.69. The van der Waals surface area contributed by atoms with E-state index in [0.29, 0.717) is 11.6 Å². The highest BCUT2D eigenvalue weighted by Gasteiger charge is 2.41. The highest BCUT2D eigenvalue weighted by atomic mass is 19.1. The van der Waals surface area contributed by atoms with Crippen LogP contribution >= 0.6 is 0 Å². The fraction of sp³-hybridized carbons (Fsp3) is 0.200. The first-order valence-corrected chi connectivity index (χ1v) is 8.94. The minimum atomic E-state index is -0.606. The van der Waals surface area contributed by atoms with Gasteiger partial charge in [-0.3, -0.25) is 9.78 Å². The van der Waals surface area contributed by atoms with E-state index < -0.39 is 17.2 Å². The van der Waals surface area contributed by atoms with E-state index in [1.807, 2.05) is 6.92 Å². The topological polar surface area (TPSA) is 95.9 Å². The lowest BCUT2D eigenvalue weighted by Crippen LogP contribution is -2.23. The van der Waals surface area contributed by atoms with Crippen LogP contribution in [0.3, 0.4) is 0 Å². The Hall–Kier alpha value is -3.55. The van der Waals surface area contributed by atoms with Crippen LogP contribution in [0.25, 0.3) is 16.9 Å². The number of hydrogen-bond donors (Lipinski definition) is 2. The number of benzene rings is 1. The molecule has 1 aliphatic carbocycles. The molecule has 4 aromatic rings. The molecule has 7 nitrogen and oxygen atoms in total. The van der Waals surface area contributed by atoms with Crippen LogP contribution in [-0.4, -0.2) is 24.6 Å². The number of imidazole rings is 1. The van der Waals surface area contributed by atoms with Gasteiger partial charge in [0.25, 0.3) is 5.56 Å². The van der Waals surface area contributed by atoms with Gasteiger partial charge in [0, 0.05) is 11.8 Å². The molecule has 1 aromatic carbocycles. The molecule has 1 saturated carbocycles. The van der Waals surface area contributed by atoms with Gasteiger partial charge in [-0.05, 0) is 36.8 Å². The molecule has 8 heteroatoms. The Labute approximate surface area is 157 Å². The van der Waals surface area contributed by atoms with E-state index >= 15 is 0 Å². The predicted octanol–water partition coefficient (Wildman–Crippen LogP) is 2.49. The number of aryl methyl sites for hydroxylation is 1. The van der Waals surface area contributed by atoms with Crippen LogP contribution in [0.1, 0.15) is 34.9 Å². The second kappa shape index (κ2) is 5.98. The summed E-state index contributed by atoms with van der Waals surface area (Å²) >= 11 is 0. The molecule has 0 bridgehead atoms. The van der Waals surface area contributed by atoms with Gasteiger partial charge in [-0.15, -0.1) is 0 Å². The Balaban J connectivity index is 1.64. The van der Waals surface area contributed by atoms with Crippen molar-refractivity contribution in [2.45, 2.75) is 25.2 Å². The summed E-state index contributed by atoms with van der Waals surface area (Å²) in [7, 11) is 0. The van der Waals surface area contributed by atoms with Crippen LogP contribution in [0.15, 0.2) is 52.3 Å². The van der Waals surface area contributed by atoms with Gasteiger partial charge >= 0.3 is 5.69 Å². The Morgan fingerprint density at radius 1 is 1.18 bits per heavy atom. The van der Waals surface area contributed by atoms with Gasteiger partial charge in [0.05, 0.1) is 17.5 Å². The number of nitrogens with one attached hydrogen (secondary N) is 2. The maximum Gasteiger partial charge on any atom is 0.325 e. The van der Waals surface area contributed by atoms with E-state index in [1.165, 1.54) is 17.3 Å². The molecule has 3 aromatic heterocycles. The summed E-state index contributed by atoms with van der Waals surface area (Å²) in [6.45, 7) is 2.04. The van der Waals surface area contributed by atoms with Crippen molar-refractivity contribution in [3.8, 4) is 11.3 Å². The van der Waals surface area contributed by atoms with Crippen LogP contribution in [0.5, 0.6) is 0 Å². The molecule has 140 valence electrons. The Morgan fingerprint density at radius 3 is 2.71 bits per heavy atom. The quantitative estimate of drug-likeness (QED) is 0.573. The SMILES string of the molecule is Cc1ccc([C@@H]2C[C@H]2c2cc(-c3c[nH]c(=O)[nH]c3=O)nn3c(F)cnc23)cc1. The van der Waals surface area contributed by atoms with Gasteiger partial charge in [-0.25, -0.2) is 9.78 Å². The average molecular weight is 377 g/mol. The maximum atomic E-state index is 14.2. The number of halogens is 1. The van der Waals surface area contributed by atoms with Gasteiger partial charge in [0.15, 0.2) is 5.65 Å². The number of aromatic nitrogens is 5. The van der Waals surface area contributed by atoms with Crippen molar-refractivity contribution < 1.29 is 4.39 Å².